The highest BCUT2D eigenvalue weighted by Gasteiger charge is 2.55. The molecule has 5 heteroatoms. The molecule has 0 bridgehead atoms. The Hall–Kier alpha value is -1.36. The van der Waals surface area contributed by atoms with Crippen molar-refractivity contribution in [3.63, 3.8) is 0 Å². The van der Waals surface area contributed by atoms with Crippen molar-refractivity contribution in [2.45, 2.75) is 18.8 Å². The first-order valence-corrected chi connectivity index (χ1v) is 6.45. The zero-order chi connectivity index (χ0) is 13.5. The molecule has 2 rings (SSSR count). The molecule has 1 aromatic rings. The van der Waals surface area contributed by atoms with E-state index in [-0.39, 0.29) is 5.91 Å². The number of methoxy groups -OCH3 is 1. The third-order valence-corrected chi connectivity index (χ3v) is 4.01. The van der Waals surface area contributed by atoms with E-state index < -0.39 is 11.4 Å². The number of hydrogen-bond acceptors (Lipinski definition) is 3. The highest BCUT2D eigenvalue weighted by atomic mass is 79.9. The highest BCUT2D eigenvalue weighted by Crippen LogP contribution is 2.45. The molecule has 96 valence electrons. The molecule has 1 atom stereocenters. The zero-order valence-electron chi connectivity index (χ0n) is 10.5. The molecular formula is C13H14BrNO3. The highest BCUT2D eigenvalue weighted by molar-refractivity contribution is 9.10. The average Bonchev–Trinajstić information content (AvgIpc) is 2.58. The number of halogens is 1. The number of hydrogen-bond donors (Lipinski definition) is 0. The number of fused-ring (bicyclic) bond motifs is 1. The molecule has 1 aromatic carbocycles. The molecule has 0 unspecified atom stereocenters. The summed E-state index contributed by atoms with van der Waals surface area (Å²) in [6, 6.07) is 5.50. The van der Waals surface area contributed by atoms with E-state index in [4.69, 9.17) is 4.74 Å². The Morgan fingerprint density at radius 2 is 2.17 bits per heavy atom. The predicted molar refractivity (Wildman–Crippen MR) is 71.5 cm³/mol. The van der Waals surface area contributed by atoms with Crippen LogP contribution in [0.25, 0.3) is 0 Å². The van der Waals surface area contributed by atoms with Crippen LogP contribution in [0.1, 0.15) is 18.9 Å². The van der Waals surface area contributed by atoms with E-state index in [2.05, 4.69) is 15.9 Å². The second-order valence-electron chi connectivity index (χ2n) is 4.28. The minimum Gasteiger partial charge on any atom is -0.468 e. The summed E-state index contributed by atoms with van der Waals surface area (Å²) >= 11 is 3.37. The number of benzene rings is 1. The maximum atomic E-state index is 12.4. The van der Waals surface area contributed by atoms with E-state index in [9.17, 15) is 9.59 Å². The Kier molecular flexibility index (Phi) is 3.19. The number of amides is 1. The minimum absolute atomic E-state index is 0.232. The number of esters is 1. The van der Waals surface area contributed by atoms with Crippen LogP contribution in [0.3, 0.4) is 0 Å². The summed E-state index contributed by atoms with van der Waals surface area (Å²) < 4.78 is 5.68. The SMILES string of the molecule is CC[C@@]1(C(=O)OC)C(=O)N(C)c2ccc(Br)cc21. The van der Waals surface area contributed by atoms with E-state index >= 15 is 0 Å². The van der Waals surface area contributed by atoms with Crippen molar-refractivity contribution in [2.24, 2.45) is 0 Å². The van der Waals surface area contributed by atoms with Crippen molar-refractivity contribution in [3.8, 4) is 0 Å². The van der Waals surface area contributed by atoms with Gasteiger partial charge in [-0.15, -0.1) is 0 Å². The summed E-state index contributed by atoms with van der Waals surface area (Å²) in [5.41, 5.74) is 0.261. The first-order valence-electron chi connectivity index (χ1n) is 5.65. The normalized spacial score (nSPS) is 22.0. The molecular weight excluding hydrogens is 298 g/mol. The standard InChI is InChI=1S/C13H14BrNO3/c1-4-13(12(17)18-3)9-7-8(14)5-6-10(9)15(2)11(13)16/h5-7H,4H2,1-3H3/t13-/m0/s1. The van der Waals surface area contributed by atoms with E-state index in [1.54, 1.807) is 7.05 Å². The van der Waals surface area contributed by atoms with Gasteiger partial charge in [-0.25, -0.2) is 0 Å². The lowest BCUT2D eigenvalue weighted by Crippen LogP contribution is -2.45. The molecule has 18 heavy (non-hydrogen) atoms. The molecule has 0 spiro atoms. The number of carbonyl (C=O) groups is 2. The van der Waals surface area contributed by atoms with Gasteiger partial charge in [0, 0.05) is 22.8 Å². The van der Waals surface area contributed by atoms with Crippen molar-refractivity contribution >= 4 is 33.5 Å². The van der Waals surface area contributed by atoms with Crippen LogP contribution in [-0.4, -0.2) is 26.0 Å². The van der Waals surface area contributed by atoms with Crippen LogP contribution >= 0.6 is 15.9 Å². The van der Waals surface area contributed by atoms with Gasteiger partial charge in [0.15, 0.2) is 5.41 Å². The zero-order valence-corrected chi connectivity index (χ0v) is 12.1. The van der Waals surface area contributed by atoms with Crippen LogP contribution < -0.4 is 4.90 Å². The Bertz CT molecular complexity index is 529. The van der Waals surface area contributed by atoms with Gasteiger partial charge in [-0.05, 0) is 24.6 Å². The van der Waals surface area contributed by atoms with E-state index in [1.165, 1.54) is 12.0 Å². The molecule has 0 radical (unpaired) electrons. The fraction of sp³-hybridized carbons (Fsp3) is 0.385. The van der Waals surface area contributed by atoms with Crippen molar-refractivity contribution in [2.75, 3.05) is 19.1 Å². The third-order valence-electron chi connectivity index (χ3n) is 3.51. The lowest BCUT2D eigenvalue weighted by atomic mass is 9.79. The van der Waals surface area contributed by atoms with Crippen LogP contribution in [0.2, 0.25) is 0 Å². The van der Waals surface area contributed by atoms with Gasteiger partial charge in [0.1, 0.15) is 0 Å². The molecule has 4 nitrogen and oxygen atoms in total. The molecule has 1 aliphatic heterocycles. The quantitative estimate of drug-likeness (QED) is 0.621. The number of ether oxygens (including phenoxy) is 1. The van der Waals surface area contributed by atoms with E-state index in [1.807, 2.05) is 25.1 Å². The molecule has 0 saturated heterocycles. The van der Waals surface area contributed by atoms with Crippen LogP contribution in [0, 0.1) is 0 Å². The van der Waals surface area contributed by atoms with Crippen LogP contribution in [0.15, 0.2) is 22.7 Å². The number of likely N-dealkylation sites (N-methyl/N-ethyl adjacent to an activating group) is 1. The summed E-state index contributed by atoms with van der Waals surface area (Å²) in [5.74, 6) is -0.733. The average molecular weight is 312 g/mol. The summed E-state index contributed by atoms with van der Waals surface area (Å²) in [4.78, 5) is 26.1. The second kappa shape index (κ2) is 4.39. The van der Waals surface area contributed by atoms with Crippen LogP contribution in [0.4, 0.5) is 5.69 Å². The molecule has 0 aromatic heterocycles. The Morgan fingerprint density at radius 1 is 1.50 bits per heavy atom. The maximum absolute atomic E-state index is 12.4. The topological polar surface area (TPSA) is 46.6 Å². The minimum atomic E-state index is -1.21. The number of carbonyl (C=O) groups excluding carboxylic acids is 2. The van der Waals surface area contributed by atoms with Gasteiger partial charge in [0.25, 0.3) is 0 Å². The Morgan fingerprint density at radius 3 is 2.72 bits per heavy atom. The molecule has 1 aliphatic rings. The number of anilines is 1. The van der Waals surface area contributed by atoms with Gasteiger partial charge in [0.05, 0.1) is 7.11 Å². The van der Waals surface area contributed by atoms with Gasteiger partial charge in [0.2, 0.25) is 5.91 Å². The van der Waals surface area contributed by atoms with E-state index in [0.717, 1.165) is 10.2 Å². The third kappa shape index (κ3) is 1.50. The largest absolute Gasteiger partial charge is 0.468 e. The van der Waals surface area contributed by atoms with Crippen molar-refractivity contribution in [1.82, 2.24) is 0 Å². The van der Waals surface area contributed by atoms with Crippen molar-refractivity contribution in [3.05, 3.63) is 28.2 Å². The fourth-order valence-corrected chi connectivity index (χ4v) is 2.87. The van der Waals surface area contributed by atoms with E-state index in [0.29, 0.717) is 12.0 Å². The van der Waals surface area contributed by atoms with Gasteiger partial charge < -0.3 is 9.64 Å². The molecule has 1 heterocycles. The molecule has 0 N–H and O–H groups in total. The number of nitrogens with zero attached hydrogens (tertiary/aromatic N) is 1. The van der Waals surface area contributed by atoms with Gasteiger partial charge in [-0.1, -0.05) is 22.9 Å². The summed E-state index contributed by atoms with van der Waals surface area (Å²) in [6.45, 7) is 1.82. The Balaban J connectivity index is 2.73. The van der Waals surface area contributed by atoms with Crippen molar-refractivity contribution in [1.29, 1.82) is 0 Å². The van der Waals surface area contributed by atoms with Gasteiger partial charge >= 0.3 is 5.97 Å². The first kappa shape index (κ1) is 13.1. The molecule has 1 amide bonds. The monoisotopic (exact) mass is 311 g/mol. The Labute approximate surface area is 114 Å². The number of rotatable bonds is 2. The van der Waals surface area contributed by atoms with Crippen LogP contribution in [-0.2, 0) is 19.7 Å². The molecule has 0 fully saturated rings. The van der Waals surface area contributed by atoms with Gasteiger partial charge in [-0.3, -0.25) is 9.59 Å². The lowest BCUT2D eigenvalue weighted by molar-refractivity contribution is -0.151. The fourth-order valence-electron chi connectivity index (χ4n) is 2.51. The molecule has 0 aliphatic carbocycles. The lowest BCUT2D eigenvalue weighted by Gasteiger charge is -2.23. The summed E-state index contributed by atoms with van der Waals surface area (Å²) in [7, 11) is 2.98. The smallest absolute Gasteiger partial charge is 0.326 e. The summed E-state index contributed by atoms with van der Waals surface area (Å²) in [6.07, 6.45) is 0.381. The van der Waals surface area contributed by atoms with Gasteiger partial charge in [-0.2, -0.15) is 0 Å². The second-order valence-corrected chi connectivity index (χ2v) is 5.19. The van der Waals surface area contributed by atoms with Crippen molar-refractivity contribution < 1.29 is 14.3 Å². The maximum Gasteiger partial charge on any atom is 0.326 e. The van der Waals surface area contributed by atoms with Crippen LogP contribution in [0.5, 0.6) is 0 Å². The predicted octanol–water partition coefficient (Wildman–Crippen LogP) is 2.25. The summed E-state index contributed by atoms with van der Waals surface area (Å²) in [5, 5.41) is 0. The molecule has 0 saturated carbocycles. The first-order chi connectivity index (χ1) is 8.48.